The number of halogens is 1. The predicted octanol–water partition coefficient (Wildman–Crippen LogP) is 1.77. The van der Waals surface area contributed by atoms with Gasteiger partial charge in [0.05, 0.1) is 19.3 Å². The molecule has 2 fully saturated rings. The molecule has 2 aliphatic rings. The summed E-state index contributed by atoms with van der Waals surface area (Å²) in [5.41, 5.74) is 1.10. The average molecular weight is 336 g/mol. The zero-order chi connectivity index (χ0) is 16.8. The van der Waals surface area contributed by atoms with Crippen molar-refractivity contribution in [3.05, 3.63) is 35.6 Å². The van der Waals surface area contributed by atoms with E-state index in [0.29, 0.717) is 5.92 Å². The molecule has 0 amide bonds. The van der Waals surface area contributed by atoms with Gasteiger partial charge in [-0.15, -0.1) is 0 Å². The Hall–Kier alpha value is -1.01. The molecule has 2 aliphatic heterocycles. The lowest BCUT2D eigenvalue weighted by Gasteiger charge is -2.35. The number of β-amino-alcohol motifs (C(OH)–C–C–N with tert-alkyl or cyclic N) is 1. The summed E-state index contributed by atoms with van der Waals surface area (Å²) in [6, 6.07) is 6.96. The van der Waals surface area contributed by atoms with Crippen LogP contribution in [-0.4, -0.2) is 73.5 Å². The molecule has 134 valence electrons. The van der Waals surface area contributed by atoms with Crippen LogP contribution in [0.1, 0.15) is 18.4 Å². The van der Waals surface area contributed by atoms with E-state index in [2.05, 4.69) is 9.80 Å². The van der Waals surface area contributed by atoms with Crippen LogP contribution in [0.15, 0.2) is 24.3 Å². The van der Waals surface area contributed by atoms with Gasteiger partial charge in [0.25, 0.3) is 0 Å². The van der Waals surface area contributed by atoms with E-state index in [1.54, 1.807) is 12.1 Å². The Morgan fingerprint density at radius 1 is 1.08 bits per heavy atom. The highest BCUT2D eigenvalue weighted by Gasteiger charge is 2.22. The maximum absolute atomic E-state index is 13.3. The fourth-order valence-corrected chi connectivity index (χ4v) is 3.81. The van der Waals surface area contributed by atoms with Crippen LogP contribution >= 0.6 is 0 Å². The smallest absolute Gasteiger partial charge is 0.123 e. The summed E-state index contributed by atoms with van der Waals surface area (Å²) in [6.45, 7) is 6.95. The molecule has 0 aliphatic carbocycles. The van der Waals surface area contributed by atoms with Gasteiger partial charge in [-0.2, -0.15) is 0 Å². The van der Waals surface area contributed by atoms with Crippen molar-refractivity contribution in [3.8, 4) is 0 Å². The Morgan fingerprint density at radius 2 is 1.75 bits per heavy atom. The van der Waals surface area contributed by atoms with E-state index in [4.69, 9.17) is 4.74 Å². The van der Waals surface area contributed by atoms with Crippen LogP contribution in [0.25, 0.3) is 0 Å². The molecule has 3 rings (SSSR count). The highest BCUT2D eigenvalue weighted by molar-refractivity contribution is 5.17. The fourth-order valence-electron chi connectivity index (χ4n) is 3.81. The molecule has 1 aromatic carbocycles. The average Bonchev–Trinajstić information content (AvgIpc) is 2.57. The summed E-state index contributed by atoms with van der Waals surface area (Å²) in [5.74, 6) is 0.482. The third-order valence-corrected chi connectivity index (χ3v) is 5.16. The fraction of sp³-hybridized carbons (Fsp3) is 0.684. The van der Waals surface area contributed by atoms with Gasteiger partial charge >= 0.3 is 0 Å². The number of benzene rings is 1. The lowest BCUT2D eigenvalue weighted by molar-refractivity contribution is 0.00419. The summed E-state index contributed by atoms with van der Waals surface area (Å²) < 4.78 is 18.6. The Labute approximate surface area is 144 Å². The summed E-state index contributed by atoms with van der Waals surface area (Å²) in [6.07, 6.45) is 2.92. The van der Waals surface area contributed by atoms with E-state index in [9.17, 15) is 9.50 Å². The molecular formula is C19H29FN2O2. The van der Waals surface area contributed by atoms with E-state index in [-0.39, 0.29) is 11.9 Å². The van der Waals surface area contributed by atoms with Gasteiger partial charge in [-0.1, -0.05) is 12.1 Å². The largest absolute Gasteiger partial charge is 0.390 e. The molecule has 2 saturated heterocycles. The number of piperidine rings is 1. The Morgan fingerprint density at radius 3 is 2.42 bits per heavy atom. The van der Waals surface area contributed by atoms with Crippen LogP contribution in [0.5, 0.6) is 0 Å². The van der Waals surface area contributed by atoms with Crippen molar-refractivity contribution in [2.75, 3.05) is 52.5 Å². The van der Waals surface area contributed by atoms with Crippen molar-refractivity contribution in [1.29, 1.82) is 0 Å². The van der Waals surface area contributed by atoms with Gasteiger partial charge in [-0.05, 0) is 56.0 Å². The molecule has 1 N–H and O–H groups in total. The summed E-state index contributed by atoms with van der Waals surface area (Å²) in [7, 11) is 0. The first-order valence-electron chi connectivity index (χ1n) is 9.14. The number of nitrogens with zero attached hydrogens (tertiary/aromatic N) is 2. The van der Waals surface area contributed by atoms with Crippen LogP contribution < -0.4 is 0 Å². The lowest BCUT2D eigenvalue weighted by Crippen LogP contribution is -2.46. The second kappa shape index (κ2) is 8.90. The number of hydrogen-bond acceptors (Lipinski definition) is 4. The van der Waals surface area contributed by atoms with E-state index in [1.165, 1.54) is 6.07 Å². The molecule has 5 heteroatoms. The molecule has 0 spiro atoms. The molecule has 1 atom stereocenters. The molecular weight excluding hydrogens is 307 g/mol. The van der Waals surface area contributed by atoms with Crippen LogP contribution in [0.4, 0.5) is 4.39 Å². The third kappa shape index (κ3) is 5.52. The van der Waals surface area contributed by atoms with E-state index < -0.39 is 0 Å². The van der Waals surface area contributed by atoms with Crippen molar-refractivity contribution < 1.29 is 14.2 Å². The topological polar surface area (TPSA) is 35.9 Å². The summed E-state index contributed by atoms with van der Waals surface area (Å²) in [4.78, 5) is 4.65. The monoisotopic (exact) mass is 336 g/mol. The number of hydrogen-bond donors (Lipinski definition) is 1. The number of morpholine rings is 1. The second-order valence-corrected chi connectivity index (χ2v) is 7.14. The van der Waals surface area contributed by atoms with Crippen molar-refractivity contribution in [2.45, 2.75) is 25.4 Å². The zero-order valence-corrected chi connectivity index (χ0v) is 14.4. The molecule has 0 bridgehead atoms. The molecule has 4 nitrogen and oxygen atoms in total. The second-order valence-electron chi connectivity index (χ2n) is 7.14. The van der Waals surface area contributed by atoms with Gasteiger partial charge in [0.1, 0.15) is 5.82 Å². The predicted molar refractivity (Wildman–Crippen MR) is 92.5 cm³/mol. The number of likely N-dealkylation sites (tertiary alicyclic amines) is 1. The molecule has 1 aromatic rings. The number of aliphatic hydroxyl groups is 1. The minimum absolute atomic E-state index is 0.142. The van der Waals surface area contributed by atoms with E-state index in [0.717, 1.165) is 77.3 Å². The summed E-state index contributed by atoms with van der Waals surface area (Å²) >= 11 is 0. The third-order valence-electron chi connectivity index (χ3n) is 5.16. The first-order chi connectivity index (χ1) is 11.7. The minimum Gasteiger partial charge on any atom is -0.390 e. The quantitative estimate of drug-likeness (QED) is 0.859. The van der Waals surface area contributed by atoms with Gasteiger partial charge in [0.2, 0.25) is 0 Å². The van der Waals surface area contributed by atoms with Crippen molar-refractivity contribution in [3.63, 3.8) is 0 Å². The lowest BCUT2D eigenvalue weighted by atomic mass is 9.90. The molecule has 24 heavy (non-hydrogen) atoms. The molecule has 0 aromatic heterocycles. The van der Waals surface area contributed by atoms with Crippen LogP contribution in [-0.2, 0) is 11.2 Å². The van der Waals surface area contributed by atoms with Crippen molar-refractivity contribution in [2.24, 2.45) is 5.92 Å². The normalized spacial score (nSPS) is 22.6. The maximum Gasteiger partial charge on any atom is 0.123 e. The Balaban J connectivity index is 1.37. The van der Waals surface area contributed by atoms with Gasteiger partial charge in [-0.25, -0.2) is 4.39 Å². The molecule has 0 saturated carbocycles. The Kier molecular flexibility index (Phi) is 6.60. The van der Waals surface area contributed by atoms with E-state index >= 15 is 0 Å². The van der Waals surface area contributed by atoms with Gasteiger partial charge < -0.3 is 14.7 Å². The highest BCUT2D eigenvalue weighted by atomic mass is 19.1. The van der Waals surface area contributed by atoms with E-state index in [1.807, 2.05) is 6.07 Å². The molecule has 0 radical (unpaired) electrons. The highest BCUT2D eigenvalue weighted by Crippen LogP contribution is 2.22. The zero-order valence-electron chi connectivity index (χ0n) is 14.4. The minimum atomic E-state index is -0.289. The first kappa shape index (κ1) is 17.8. The van der Waals surface area contributed by atoms with Crippen molar-refractivity contribution in [1.82, 2.24) is 9.80 Å². The molecule has 2 heterocycles. The SMILES string of the molecule is OC(CN1CCOCC1)CN1CCC(Cc2cccc(F)c2)CC1. The first-order valence-corrected chi connectivity index (χ1v) is 9.14. The standard InChI is InChI=1S/C19H29FN2O2/c20-18-3-1-2-17(13-18)12-16-4-6-21(7-5-16)14-19(23)15-22-8-10-24-11-9-22/h1-3,13,16,19,23H,4-12,14-15H2. The number of aliphatic hydroxyl groups excluding tert-OH is 1. The Bertz CT molecular complexity index is 500. The number of rotatable bonds is 6. The van der Waals surface area contributed by atoms with Crippen LogP contribution in [0.2, 0.25) is 0 Å². The van der Waals surface area contributed by atoms with Gasteiger partial charge in [0, 0.05) is 26.2 Å². The van der Waals surface area contributed by atoms with Crippen LogP contribution in [0, 0.1) is 11.7 Å². The number of ether oxygens (including phenoxy) is 1. The summed E-state index contributed by atoms with van der Waals surface area (Å²) in [5, 5.41) is 10.3. The maximum atomic E-state index is 13.3. The molecule has 1 unspecified atom stereocenters. The van der Waals surface area contributed by atoms with Gasteiger partial charge in [-0.3, -0.25) is 4.90 Å². The van der Waals surface area contributed by atoms with Gasteiger partial charge in [0.15, 0.2) is 0 Å². The van der Waals surface area contributed by atoms with Crippen LogP contribution in [0.3, 0.4) is 0 Å². The van der Waals surface area contributed by atoms with Crippen molar-refractivity contribution >= 4 is 0 Å².